The number of methoxy groups -OCH3 is 2. The van der Waals surface area contributed by atoms with Crippen LogP contribution in [0.4, 0.5) is 0 Å². The Morgan fingerprint density at radius 1 is 1.04 bits per heavy atom. The molecule has 2 saturated heterocycles. The first-order valence-corrected chi connectivity index (χ1v) is 10.0. The van der Waals surface area contributed by atoms with Crippen molar-refractivity contribution in [2.75, 3.05) is 21.0 Å². The highest BCUT2D eigenvalue weighted by atomic mass is 16.7. The van der Waals surface area contributed by atoms with Crippen LogP contribution in [0.5, 0.6) is 0 Å². The minimum Gasteiger partial charge on any atom is -0.462 e. The summed E-state index contributed by atoms with van der Waals surface area (Å²) in [5, 5.41) is 0. The summed E-state index contributed by atoms with van der Waals surface area (Å²) in [5.41, 5.74) is 0. The van der Waals surface area contributed by atoms with Gasteiger partial charge in [0.25, 0.3) is 0 Å². The molecule has 0 aliphatic carbocycles. The van der Waals surface area contributed by atoms with Gasteiger partial charge in [0, 0.05) is 27.1 Å². The first-order chi connectivity index (χ1) is 12.5. The maximum atomic E-state index is 12.5. The van der Waals surface area contributed by atoms with Crippen LogP contribution < -0.4 is 0 Å². The Kier molecular flexibility index (Phi) is 9.33. The van der Waals surface area contributed by atoms with Gasteiger partial charge in [0.15, 0.2) is 0 Å². The van der Waals surface area contributed by atoms with E-state index in [2.05, 4.69) is 13.8 Å². The third-order valence-corrected chi connectivity index (χ3v) is 5.35. The largest absolute Gasteiger partial charge is 0.462 e. The molecule has 0 radical (unpaired) electrons. The Hall–Kier alpha value is -0.690. The van der Waals surface area contributed by atoms with Gasteiger partial charge < -0.3 is 23.7 Å². The van der Waals surface area contributed by atoms with Gasteiger partial charge in [-0.15, -0.1) is 0 Å². The number of cyclic esters (lactones) is 1. The molecule has 26 heavy (non-hydrogen) atoms. The number of hydrogen-bond donors (Lipinski definition) is 0. The van der Waals surface area contributed by atoms with Gasteiger partial charge in [-0.25, -0.2) is 0 Å². The molecule has 0 amide bonds. The lowest BCUT2D eigenvalue weighted by Crippen LogP contribution is -2.40. The van der Waals surface area contributed by atoms with Crippen molar-refractivity contribution in [3.8, 4) is 0 Å². The Labute approximate surface area is 157 Å². The lowest BCUT2D eigenvalue weighted by Gasteiger charge is -2.37. The molecular weight excluding hydrogens is 336 g/mol. The van der Waals surface area contributed by atoms with Crippen molar-refractivity contribution in [3.63, 3.8) is 0 Å². The van der Waals surface area contributed by atoms with Gasteiger partial charge in [-0.2, -0.15) is 0 Å². The predicted molar refractivity (Wildman–Crippen MR) is 97.9 cm³/mol. The zero-order valence-corrected chi connectivity index (χ0v) is 16.8. The highest BCUT2D eigenvalue weighted by molar-refractivity contribution is 5.70. The highest BCUT2D eigenvalue weighted by Gasteiger charge is 2.34. The summed E-state index contributed by atoms with van der Waals surface area (Å²) in [7, 11) is 3.37. The van der Waals surface area contributed by atoms with Crippen LogP contribution in [-0.4, -0.2) is 57.5 Å². The number of carbonyl (C=O) groups excluding carboxylic acids is 1. The van der Waals surface area contributed by atoms with E-state index in [9.17, 15) is 4.79 Å². The minimum atomic E-state index is -0.178. The summed E-state index contributed by atoms with van der Waals surface area (Å²) in [4.78, 5) is 12.5. The normalized spacial score (nSPS) is 36.7. The van der Waals surface area contributed by atoms with E-state index in [-0.39, 0.29) is 49.7 Å². The van der Waals surface area contributed by atoms with E-state index in [1.54, 1.807) is 14.2 Å². The summed E-state index contributed by atoms with van der Waals surface area (Å²) in [5.74, 6) is 0.298. The summed E-state index contributed by atoms with van der Waals surface area (Å²) in [6, 6.07) is 0. The monoisotopic (exact) mass is 372 g/mol. The third-order valence-electron chi connectivity index (χ3n) is 5.35. The van der Waals surface area contributed by atoms with E-state index >= 15 is 0 Å². The number of hydrogen-bond acceptors (Lipinski definition) is 6. The van der Waals surface area contributed by atoms with E-state index in [0.29, 0.717) is 12.3 Å². The Morgan fingerprint density at radius 3 is 2.50 bits per heavy atom. The van der Waals surface area contributed by atoms with E-state index in [1.165, 1.54) is 0 Å². The lowest BCUT2D eigenvalue weighted by atomic mass is 9.89. The fourth-order valence-corrected chi connectivity index (χ4v) is 4.19. The molecule has 0 aromatic rings. The molecule has 6 atom stereocenters. The molecule has 0 unspecified atom stereocenters. The minimum absolute atomic E-state index is 0.0614. The highest BCUT2D eigenvalue weighted by Crippen LogP contribution is 2.31. The van der Waals surface area contributed by atoms with Crippen molar-refractivity contribution in [2.45, 2.75) is 95.7 Å². The van der Waals surface area contributed by atoms with Crippen molar-refractivity contribution in [1.29, 1.82) is 0 Å². The van der Waals surface area contributed by atoms with Gasteiger partial charge in [0.1, 0.15) is 12.9 Å². The molecule has 0 aromatic carbocycles. The molecule has 2 rings (SSSR count). The SMILES string of the molecule is CCC[C@@H]1C[C@H](OC)C[C@@H](C)C[C@H]2C[C@H](OCOC)C[C@@H](CC(=O)O1)O2. The number of carbonyl (C=O) groups is 1. The number of esters is 1. The van der Waals surface area contributed by atoms with Gasteiger partial charge in [-0.1, -0.05) is 20.3 Å². The summed E-state index contributed by atoms with van der Waals surface area (Å²) >= 11 is 0. The second-order valence-corrected chi connectivity index (χ2v) is 7.82. The van der Waals surface area contributed by atoms with Crippen LogP contribution in [0, 0.1) is 5.92 Å². The Balaban J connectivity index is 2.08. The van der Waals surface area contributed by atoms with Crippen molar-refractivity contribution in [1.82, 2.24) is 0 Å². The van der Waals surface area contributed by atoms with Gasteiger partial charge >= 0.3 is 5.97 Å². The molecule has 2 fully saturated rings. The summed E-state index contributed by atoms with van der Waals surface area (Å²) in [6.07, 6.45) is 6.41. The molecular formula is C20H36O6. The molecule has 0 spiro atoms. The molecule has 152 valence electrons. The molecule has 6 heteroatoms. The second kappa shape index (κ2) is 11.2. The molecule has 0 saturated carbocycles. The van der Waals surface area contributed by atoms with Gasteiger partial charge in [-0.05, 0) is 31.6 Å². The smallest absolute Gasteiger partial charge is 0.308 e. The Bertz CT molecular complexity index is 415. The van der Waals surface area contributed by atoms with Crippen molar-refractivity contribution in [2.24, 2.45) is 5.92 Å². The average molecular weight is 373 g/mol. The predicted octanol–water partition coefficient (Wildman–Crippen LogP) is 3.46. The lowest BCUT2D eigenvalue weighted by molar-refractivity contribution is -0.171. The maximum absolute atomic E-state index is 12.5. The molecule has 6 nitrogen and oxygen atoms in total. The summed E-state index contributed by atoms with van der Waals surface area (Å²) < 4.78 is 28.5. The molecule has 2 bridgehead atoms. The van der Waals surface area contributed by atoms with Crippen LogP contribution in [0.2, 0.25) is 0 Å². The first-order valence-electron chi connectivity index (χ1n) is 10.0. The topological polar surface area (TPSA) is 63.2 Å². The van der Waals surface area contributed by atoms with Crippen LogP contribution in [0.15, 0.2) is 0 Å². The fourth-order valence-electron chi connectivity index (χ4n) is 4.19. The van der Waals surface area contributed by atoms with Crippen molar-refractivity contribution >= 4 is 5.97 Å². The standard InChI is InChI=1S/C20H36O6/c1-5-6-15-9-16(23-4)7-14(2)8-18-10-17(24-13-22-3)11-19(25-18)12-20(21)26-15/h14-19H,5-13H2,1-4H3/t14-,15-,16-,17+,18+,19+/m1/s1. The average Bonchev–Trinajstić information content (AvgIpc) is 2.58. The summed E-state index contributed by atoms with van der Waals surface area (Å²) in [6.45, 7) is 4.63. The van der Waals surface area contributed by atoms with Gasteiger partial charge in [0.2, 0.25) is 0 Å². The zero-order chi connectivity index (χ0) is 18.9. The number of ether oxygens (including phenoxy) is 5. The maximum Gasteiger partial charge on any atom is 0.308 e. The Morgan fingerprint density at radius 2 is 1.81 bits per heavy atom. The van der Waals surface area contributed by atoms with E-state index < -0.39 is 0 Å². The quantitative estimate of drug-likeness (QED) is 0.526. The number of rotatable bonds is 6. The fraction of sp³-hybridized carbons (Fsp3) is 0.950. The third kappa shape index (κ3) is 7.14. The van der Waals surface area contributed by atoms with Gasteiger partial charge in [-0.3, -0.25) is 4.79 Å². The molecule has 2 aliphatic heterocycles. The van der Waals surface area contributed by atoms with E-state index in [4.69, 9.17) is 23.7 Å². The molecule has 2 heterocycles. The molecule has 2 aliphatic rings. The number of fused-ring (bicyclic) bond motifs is 2. The van der Waals surface area contributed by atoms with Crippen LogP contribution in [0.3, 0.4) is 0 Å². The molecule has 0 aromatic heterocycles. The second-order valence-electron chi connectivity index (χ2n) is 7.82. The van der Waals surface area contributed by atoms with E-state index in [1.807, 2.05) is 0 Å². The first kappa shape index (κ1) is 21.6. The van der Waals surface area contributed by atoms with Crippen LogP contribution in [-0.2, 0) is 28.5 Å². The van der Waals surface area contributed by atoms with Gasteiger partial charge in [0.05, 0.1) is 30.8 Å². The van der Waals surface area contributed by atoms with Crippen molar-refractivity contribution < 1.29 is 28.5 Å². The van der Waals surface area contributed by atoms with Crippen LogP contribution in [0.25, 0.3) is 0 Å². The van der Waals surface area contributed by atoms with Crippen molar-refractivity contribution in [3.05, 3.63) is 0 Å². The molecule has 0 N–H and O–H groups in total. The van der Waals surface area contributed by atoms with E-state index in [0.717, 1.165) is 38.5 Å². The van der Waals surface area contributed by atoms with Crippen LogP contribution >= 0.6 is 0 Å². The zero-order valence-electron chi connectivity index (χ0n) is 16.8. The van der Waals surface area contributed by atoms with Crippen LogP contribution in [0.1, 0.15) is 65.2 Å².